The van der Waals surface area contributed by atoms with E-state index in [0.29, 0.717) is 26.2 Å². The van der Waals surface area contributed by atoms with Crippen molar-refractivity contribution in [3.8, 4) is 0 Å². The predicted octanol–water partition coefficient (Wildman–Crippen LogP) is -0.652. The number of amides is 1. The van der Waals surface area contributed by atoms with Gasteiger partial charge in [0.2, 0.25) is 5.91 Å². The van der Waals surface area contributed by atoms with Crippen molar-refractivity contribution in [3.05, 3.63) is 0 Å². The molecular weight excluding hydrogens is 208 g/mol. The summed E-state index contributed by atoms with van der Waals surface area (Å²) in [6.45, 7) is 2.10. The molecule has 2 saturated heterocycles. The molecule has 2 aliphatic heterocycles. The molecule has 2 aliphatic rings. The van der Waals surface area contributed by atoms with Crippen molar-refractivity contribution in [3.63, 3.8) is 0 Å². The predicted molar refractivity (Wildman–Crippen MR) is 59.0 cm³/mol. The van der Waals surface area contributed by atoms with Crippen LogP contribution < -0.4 is 5.32 Å². The molecule has 2 N–H and O–H groups in total. The lowest BCUT2D eigenvalue weighted by atomic mass is 9.99. The summed E-state index contributed by atoms with van der Waals surface area (Å²) in [5, 5.41) is 13.2. The van der Waals surface area contributed by atoms with Gasteiger partial charge in [0.25, 0.3) is 0 Å². The molecule has 0 aromatic carbocycles. The van der Waals surface area contributed by atoms with E-state index in [4.69, 9.17) is 4.74 Å². The van der Waals surface area contributed by atoms with E-state index in [2.05, 4.69) is 5.32 Å². The summed E-state index contributed by atoms with van der Waals surface area (Å²) >= 11 is 0. The third-order valence-electron chi connectivity index (χ3n) is 3.45. The van der Waals surface area contributed by atoms with Crippen LogP contribution in [-0.2, 0) is 9.53 Å². The third kappa shape index (κ3) is 2.36. The molecule has 0 bridgehead atoms. The number of rotatable bonds is 3. The molecule has 2 rings (SSSR count). The summed E-state index contributed by atoms with van der Waals surface area (Å²) in [5.41, 5.74) is -0.828. The zero-order valence-corrected chi connectivity index (χ0v) is 9.74. The van der Waals surface area contributed by atoms with E-state index >= 15 is 0 Å². The first-order chi connectivity index (χ1) is 7.64. The fourth-order valence-corrected chi connectivity index (χ4v) is 2.44. The van der Waals surface area contributed by atoms with Gasteiger partial charge in [0, 0.05) is 19.6 Å². The van der Waals surface area contributed by atoms with Crippen molar-refractivity contribution >= 4 is 5.91 Å². The van der Waals surface area contributed by atoms with Crippen LogP contribution in [0, 0.1) is 0 Å². The van der Waals surface area contributed by atoms with Crippen molar-refractivity contribution in [1.82, 2.24) is 10.2 Å². The highest BCUT2D eigenvalue weighted by molar-refractivity contribution is 5.82. The minimum Gasteiger partial charge on any atom is -0.386 e. The van der Waals surface area contributed by atoms with Crippen LogP contribution in [0.4, 0.5) is 0 Å². The fourth-order valence-electron chi connectivity index (χ4n) is 2.44. The maximum atomic E-state index is 12.0. The Morgan fingerprint density at radius 1 is 1.69 bits per heavy atom. The van der Waals surface area contributed by atoms with Gasteiger partial charge in [0.15, 0.2) is 0 Å². The standard InChI is InChI=1S/C11H20N2O3/c1-12-9-3-2-5-13(10(9)14)7-11(15)4-6-16-8-11/h9,12,15H,2-8H2,1H3. The van der Waals surface area contributed by atoms with Crippen LogP contribution in [0.1, 0.15) is 19.3 Å². The van der Waals surface area contributed by atoms with E-state index in [0.717, 1.165) is 19.4 Å². The molecule has 0 aromatic heterocycles. The van der Waals surface area contributed by atoms with Gasteiger partial charge in [-0.2, -0.15) is 0 Å². The number of ether oxygens (including phenoxy) is 1. The smallest absolute Gasteiger partial charge is 0.239 e. The second-order valence-electron chi connectivity index (χ2n) is 4.77. The van der Waals surface area contributed by atoms with Crippen LogP contribution in [0.5, 0.6) is 0 Å². The van der Waals surface area contributed by atoms with E-state index in [-0.39, 0.29) is 11.9 Å². The number of likely N-dealkylation sites (N-methyl/N-ethyl adjacent to an activating group) is 1. The zero-order valence-electron chi connectivity index (χ0n) is 9.74. The van der Waals surface area contributed by atoms with Gasteiger partial charge in [0.1, 0.15) is 5.60 Å². The zero-order chi connectivity index (χ0) is 11.6. The van der Waals surface area contributed by atoms with Crippen LogP contribution in [0.2, 0.25) is 0 Å². The monoisotopic (exact) mass is 228 g/mol. The van der Waals surface area contributed by atoms with Gasteiger partial charge < -0.3 is 20.1 Å². The first-order valence-electron chi connectivity index (χ1n) is 5.91. The maximum absolute atomic E-state index is 12.0. The van der Waals surface area contributed by atoms with Crippen LogP contribution in [-0.4, -0.2) is 60.9 Å². The molecule has 2 atom stereocenters. The highest BCUT2D eigenvalue weighted by Crippen LogP contribution is 2.22. The first-order valence-corrected chi connectivity index (χ1v) is 5.91. The second-order valence-corrected chi connectivity index (χ2v) is 4.77. The number of nitrogens with one attached hydrogen (secondary N) is 1. The Balaban J connectivity index is 1.95. The van der Waals surface area contributed by atoms with Crippen molar-refractivity contribution in [2.75, 3.05) is 33.4 Å². The molecule has 2 unspecified atom stereocenters. The van der Waals surface area contributed by atoms with Gasteiger partial charge >= 0.3 is 0 Å². The van der Waals surface area contributed by atoms with Gasteiger partial charge in [-0.05, 0) is 19.9 Å². The average molecular weight is 228 g/mol. The lowest BCUT2D eigenvalue weighted by Crippen LogP contribution is -2.54. The molecule has 0 aliphatic carbocycles. The Bertz CT molecular complexity index is 264. The number of β-amino-alcohol motifs (C(OH)–C–C–N with tert-alkyl or cyclic N) is 1. The summed E-state index contributed by atoms with van der Waals surface area (Å²) in [7, 11) is 1.81. The summed E-state index contributed by atoms with van der Waals surface area (Å²) in [4.78, 5) is 13.8. The minimum atomic E-state index is -0.828. The lowest BCUT2D eigenvalue weighted by Gasteiger charge is -2.36. The Kier molecular flexibility index (Phi) is 3.47. The molecule has 2 heterocycles. The molecule has 92 valence electrons. The van der Waals surface area contributed by atoms with Gasteiger partial charge in [-0.1, -0.05) is 0 Å². The average Bonchev–Trinajstić information content (AvgIpc) is 2.68. The Labute approximate surface area is 95.8 Å². The lowest BCUT2D eigenvalue weighted by molar-refractivity contribution is -0.139. The van der Waals surface area contributed by atoms with E-state index in [1.807, 2.05) is 0 Å². The maximum Gasteiger partial charge on any atom is 0.239 e. The number of hydrogen-bond acceptors (Lipinski definition) is 4. The normalized spacial score (nSPS) is 35.8. The largest absolute Gasteiger partial charge is 0.386 e. The van der Waals surface area contributed by atoms with Crippen LogP contribution in [0.3, 0.4) is 0 Å². The molecule has 16 heavy (non-hydrogen) atoms. The molecule has 5 nitrogen and oxygen atoms in total. The molecule has 1 amide bonds. The molecular formula is C11H20N2O3. The van der Waals surface area contributed by atoms with Crippen LogP contribution >= 0.6 is 0 Å². The van der Waals surface area contributed by atoms with Gasteiger partial charge in [-0.25, -0.2) is 0 Å². The molecule has 0 saturated carbocycles. The van der Waals surface area contributed by atoms with E-state index < -0.39 is 5.60 Å². The minimum absolute atomic E-state index is 0.0836. The van der Waals surface area contributed by atoms with Gasteiger partial charge in [0.05, 0.1) is 19.2 Å². The summed E-state index contributed by atoms with van der Waals surface area (Å²) in [6.07, 6.45) is 2.51. The quantitative estimate of drug-likeness (QED) is 0.674. The summed E-state index contributed by atoms with van der Waals surface area (Å²) in [5.74, 6) is 0.106. The van der Waals surface area contributed by atoms with Crippen LogP contribution in [0.25, 0.3) is 0 Å². The molecule has 0 aromatic rings. The van der Waals surface area contributed by atoms with Gasteiger partial charge in [-0.3, -0.25) is 4.79 Å². The Morgan fingerprint density at radius 2 is 2.50 bits per heavy atom. The Morgan fingerprint density at radius 3 is 3.12 bits per heavy atom. The van der Waals surface area contributed by atoms with Crippen molar-refractivity contribution in [2.45, 2.75) is 30.9 Å². The molecule has 5 heteroatoms. The number of aliphatic hydroxyl groups is 1. The molecule has 2 fully saturated rings. The third-order valence-corrected chi connectivity index (χ3v) is 3.45. The molecule has 0 radical (unpaired) electrons. The number of piperidine rings is 1. The number of carbonyl (C=O) groups is 1. The fraction of sp³-hybridized carbons (Fsp3) is 0.909. The van der Waals surface area contributed by atoms with Crippen molar-refractivity contribution in [1.29, 1.82) is 0 Å². The highest BCUT2D eigenvalue weighted by atomic mass is 16.5. The molecule has 0 spiro atoms. The summed E-state index contributed by atoms with van der Waals surface area (Å²) in [6, 6.07) is -0.0836. The second kappa shape index (κ2) is 4.69. The van der Waals surface area contributed by atoms with E-state index in [1.54, 1.807) is 11.9 Å². The van der Waals surface area contributed by atoms with Crippen molar-refractivity contribution in [2.24, 2.45) is 0 Å². The van der Waals surface area contributed by atoms with Crippen LogP contribution in [0.15, 0.2) is 0 Å². The SMILES string of the molecule is CNC1CCCN(CC2(O)CCOC2)C1=O. The highest BCUT2D eigenvalue weighted by Gasteiger charge is 2.38. The van der Waals surface area contributed by atoms with E-state index in [9.17, 15) is 9.90 Å². The van der Waals surface area contributed by atoms with E-state index in [1.165, 1.54) is 0 Å². The number of carbonyl (C=O) groups excluding carboxylic acids is 1. The first kappa shape index (κ1) is 11.8. The number of likely N-dealkylation sites (tertiary alicyclic amines) is 1. The number of nitrogens with zero attached hydrogens (tertiary/aromatic N) is 1. The topological polar surface area (TPSA) is 61.8 Å². The Hall–Kier alpha value is -0.650. The number of hydrogen-bond donors (Lipinski definition) is 2. The van der Waals surface area contributed by atoms with Crippen molar-refractivity contribution < 1.29 is 14.6 Å². The summed E-state index contributed by atoms with van der Waals surface area (Å²) < 4.78 is 5.19. The van der Waals surface area contributed by atoms with Gasteiger partial charge in [-0.15, -0.1) is 0 Å².